The van der Waals surface area contributed by atoms with E-state index < -0.39 is 15.6 Å². The molecule has 0 heterocycles. The Kier molecular flexibility index (Phi) is 4.43. The van der Waals surface area contributed by atoms with Gasteiger partial charge in [-0.25, -0.2) is 8.42 Å². The van der Waals surface area contributed by atoms with Crippen LogP contribution in [0, 0.1) is 6.92 Å². The summed E-state index contributed by atoms with van der Waals surface area (Å²) in [6.45, 7) is 11.2. The van der Waals surface area contributed by atoms with Crippen LogP contribution in [0.4, 0.5) is 5.69 Å². The second kappa shape index (κ2) is 5.35. The van der Waals surface area contributed by atoms with Crippen molar-refractivity contribution in [1.82, 2.24) is 4.31 Å². The fourth-order valence-electron chi connectivity index (χ4n) is 1.99. The summed E-state index contributed by atoms with van der Waals surface area (Å²) in [5.41, 5.74) is 6.24. The lowest BCUT2D eigenvalue weighted by atomic mass is 10.1. The third-order valence-electron chi connectivity index (χ3n) is 2.83. The lowest BCUT2D eigenvalue weighted by molar-refractivity contribution is 0.270. The van der Waals surface area contributed by atoms with Crippen LogP contribution in [-0.4, -0.2) is 24.8 Å². The number of hydrogen-bond acceptors (Lipinski definition) is 3. The van der Waals surface area contributed by atoms with Crippen molar-refractivity contribution in [1.29, 1.82) is 0 Å². The molecule has 0 amide bonds. The highest BCUT2D eigenvalue weighted by Crippen LogP contribution is 2.30. The number of rotatable bonds is 4. The molecule has 0 radical (unpaired) electrons. The van der Waals surface area contributed by atoms with Crippen LogP contribution in [0.1, 0.15) is 26.3 Å². The van der Waals surface area contributed by atoms with Crippen LogP contribution < -0.4 is 5.73 Å². The van der Waals surface area contributed by atoms with E-state index in [0.717, 1.165) is 0 Å². The maximum absolute atomic E-state index is 12.8. The number of nitrogens with two attached hydrogens (primary N) is 1. The lowest BCUT2D eigenvalue weighted by Crippen LogP contribution is -2.45. The molecule has 2 N–H and O–H groups in total. The first-order chi connectivity index (χ1) is 8.62. The van der Waals surface area contributed by atoms with E-state index in [-0.39, 0.29) is 17.1 Å². The Bertz CT molecular complexity index is 551. The monoisotopic (exact) mass is 282 g/mol. The summed E-state index contributed by atoms with van der Waals surface area (Å²) in [6, 6.07) is 5.10. The predicted octanol–water partition coefficient (Wildman–Crippen LogP) is 2.55. The third kappa shape index (κ3) is 3.16. The fraction of sp³-hybridized carbons (Fsp3) is 0.429. The Morgan fingerprint density at radius 1 is 1.37 bits per heavy atom. The van der Waals surface area contributed by atoms with Gasteiger partial charge in [0.1, 0.15) is 4.90 Å². The van der Waals surface area contributed by atoms with Crippen molar-refractivity contribution in [2.45, 2.75) is 38.1 Å². The number of aryl methyl sites for hydroxylation is 1. The van der Waals surface area contributed by atoms with Crippen LogP contribution in [0.15, 0.2) is 35.7 Å². The van der Waals surface area contributed by atoms with E-state index in [4.69, 9.17) is 5.73 Å². The number of nitrogens with zero attached hydrogens (tertiary/aromatic N) is 1. The van der Waals surface area contributed by atoms with Gasteiger partial charge in [-0.05, 0) is 39.3 Å². The highest BCUT2D eigenvalue weighted by molar-refractivity contribution is 7.89. The van der Waals surface area contributed by atoms with E-state index >= 15 is 0 Å². The average molecular weight is 282 g/mol. The Morgan fingerprint density at radius 2 is 1.95 bits per heavy atom. The van der Waals surface area contributed by atoms with E-state index in [1.165, 1.54) is 4.31 Å². The molecule has 0 bridgehead atoms. The largest absolute Gasteiger partial charge is 0.398 e. The summed E-state index contributed by atoms with van der Waals surface area (Å²) in [4.78, 5) is 0.187. The molecule has 1 aromatic carbocycles. The summed E-state index contributed by atoms with van der Waals surface area (Å²) >= 11 is 0. The minimum absolute atomic E-state index is 0.187. The molecule has 0 saturated heterocycles. The average Bonchev–Trinajstić information content (AvgIpc) is 2.23. The molecular weight excluding hydrogens is 260 g/mol. The predicted molar refractivity (Wildman–Crippen MR) is 79.4 cm³/mol. The number of hydrogen-bond donors (Lipinski definition) is 1. The molecule has 19 heavy (non-hydrogen) atoms. The maximum atomic E-state index is 12.8. The minimum Gasteiger partial charge on any atom is -0.398 e. The molecule has 106 valence electrons. The van der Waals surface area contributed by atoms with Crippen molar-refractivity contribution in [2.75, 3.05) is 12.3 Å². The van der Waals surface area contributed by atoms with Crippen molar-refractivity contribution in [3.63, 3.8) is 0 Å². The highest BCUT2D eigenvalue weighted by atomic mass is 32.2. The molecule has 1 rings (SSSR count). The van der Waals surface area contributed by atoms with Crippen LogP contribution in [0.2, 0.25) is 0 Å². The van der Waals surface area contributed by atoms with E-state index in [2.05, 4.69) is 6.58 Å². The Morgan fingerprint density at radius 3 is 2.37 bits per heavy atom. The second-order valence-electron chi connectivity index (χ2n) is 5.49. The summed E-state index contributed by atoms with van der Waals surface area (Å²) < 4.78 is 27.0. The highest BCUT2D eigenvalue weighted by Gasteiger charge is 2.35. The van der Waals surface area contributed by atoms with Gasteiger partial charge in [0, 0.05) is 12.1 Å². The van der Waals surface area contributed by atoms with Gasteiger partial charge < -0.3 is 5.73 Å². The zero-order valence-electron chi connectivity index (χ0n) is 12.0. The van der Waals surface area contributed by atoms with Crippen LogP contribution >= 0.6 is 0 Å². The number of benzene rings is 1. The first-order valence-corrected chi connectivity index (χ1v) is 7.55. The van der Waals surface area contributed by atoms with Gasteiger partial charge >= 0.3 is 0 Å². The SMILES string of the molecule is C=CCN(C(C)(C)C)S(=O)(=O)c1c(C)cccc1N. The standard InChI is InChI=1S/C14H22N2O2S/c1-6-10-16(14(3,4)5)19(17,18)13-11(2)8-7-9-12(13)15/h6-9H,1,10,15H2,2-5H3. The van der Waals surface area contributed by atoms with Gasteiger partial charge in [-0.1, -0.05) is 18.2 Å². The van der Waals surface area contributed by atoms with E-state index in [1.807, 2.05) is 20.8 Å². The summed E-state index contributed by atoms with van der Waals surface area (Å²) in [5, 5.41) is 0. The maximum Gasteiger partial charge on any atom is 0.246 e. The Hall–Kier alpha value is -1.33. The molecular formula is C14H22N2O2S. The first kappa shape index (κ1) is 15.7. The summed E-state index contributed by atoms with van der Waals surface area (Å²) in [6.07, 6.45) is 1.58. The van der Waals surface area contributed by atoms with Crippen LogP contribution in [-0.2, 0) is 10.0 Å². The van der Waals surface area contributed by atoms with Gasteiger partial charge in [-0.2, -0.15) is 4.31 Å². The quantitative estimate of drug-likeness (QED) is 0.682. The molecule has 0 atom stereocenters. The van der Waals surface area contributed by atoms with E-state index in [1.54, 1.807) is 31.2 Å². The van der Waals surface area contributed by atoms with Crippen LogP contribution in [0.3, 0.4) is 0 Å². The molecule has 4 nitrogen and oxygen atoms in total. The van der Waals surface area contributed by atoms with Gasteiger partial charge in [0.15, 0.2) is 0 Å². The molecule has 0 aromatic heterocycles. The van der Waals surface area contributed by atoms with Gasteiger partial charge in [-0.15, -0.1) is 6.58 Å². The molecule has 0 aliphatic carbocycles. The molecule has 0 fully saturated rings. The van der Waals surface area contributed by atoms with Crippen molar-refractivity contribution in [3.05, 3.63) is 36.4 Å². The summed E-state index contributed by atoms with van der Waals surface area (Å²) in [7, 11) is -3.65. The van der Waals surface area contributed by atoms with Crippen molar-refractivity contribution in [2.24, 2.45) is 0 Å². The van der Waals surface area contributed by atoms with Gasteiger partial charge in [-0.3, -0.25) is 0 Å². The first-order valence-electron chi connectivity index (χ1n) is 6.11. The topological polar surface area (TPSA) is 63.4 Å². The Balaban J connectivity index is 3.48. The molecule has 0 aliphatic rings. The van der Waals surface area contributed by atoms with Crippen molar-refractivity contribution in [3.8, 4) is 0 Å². The van der Waals surface area contributed by atoms with Crippen LogP contribution in [0.25, 0.3) is 0 Å². The van der Waals surface area contributed by atoms with E-state index in [0.29, 0.717) is 5.56 Å². The van der Waals surface area contributed by atoms with Crippen LogP contribution in [0.5, 0.6) is 0 Å². The molecule has 5 heteroatoms. The van der Waals surface area contributed by atoms with Crippen molar-refractivity contribution < 1.29 is 8.42 Å². The molecule has 0 saturated carbocycles. The third-order valence-corrected chi connectivity index (χ3v) is 5.18. The lowest BCUT2D eigenvalue weighted by Gasteiger charge is -2.34. The number of sulfonamides is 1. The van der Waals surface area contributed by atoms with E-state index in [9.17, 15) is 8.42 Å². The zero-order valence-corrected chi connectivity index (χ0v) is 12.8. The summed E-state index contributed by atoms with van der Waals surface area (Å²) in [5.74, 6) is 0. The minimum atomic E-state index is -3.65. The molecule has 1 aromatic rings. The normalized spacial score (nSPS) is 12.7. The number of nitrogen functional groups attached to an aromatic ring is 1. The second-order valence-corrected chi connectivity index (χ2v) is 7.29. The fourth-order valence-corrected chi connectivity index (χ4v) is 4.07. The molecule has 0 aliphatic heterocycles. The van der Waals surface area contributed by atoms with Gasteiger partial charge in [0.05, 0.1) is 5.69 Å². The zero-order chi connectivity index (χ0) is 14.8. The van der Waals surface area contributed by atoms with Gasteiger partial charge in [0.25, 0.3) is 0 Å². The van der Waals surface area contributed by atoms with Gasteiger partial charge in [0.2, 0.25) is 10.0 Å². The smallest absolute Gasteiger partial charge is 0.246 e. The molecule has 0 unspecified atom stereocenters. The van der Waals surface area contributed by atoms with Crippen molar-refractivity contribution >= 4 is 15.7 Å². The number of anilines is 1. The molecule has 0 spiro atoms. The Labute approximate surface area is 116 Å².